The highest BCUT2D eigenvalue weighted by Crippen LogP contribution is 2.04. The zero-order chi connectivity index (χ0) is 17.6. The van der Waals surface area contributed by atoms with Crippen molar-refractivity contribution in [3.05, 3.63) is 127 Å². The molecule has 0 saturated carbocycles. The molecule has 0 heterocycles. The van der Waals surface area contributed by atoms with E-state index in [1.165, 1.54) is 5.56 Å². The van der Waals surface area contributed by atoms with E-state index in [4.69, 9.17) is 0 Å². The summed E-state index contributed by atoms with van der Waals surface area (Å²) < 4.78 is 0. The maximum atomic E-state index is 3.25. The Morgan fingerprint density at radius 3 is 1.96 bits per heavy atom. The van der Waals surface area contributed by atoms with Crippen LogP contribution in [-0.2, 0) is 0 Å². The quantitative estimate of drug-likeness (QED) is 0.694. The largest absolute Gasteiger partial charge is 0.301 e. The zero-order valence-corrected chi connectivity index (χ0v) is 14.5. The summed E-state index contributed by atoms with van der Waals surface area (Å²) in [5.41, 5.74) is 9.63. The Kier molecular flexibility index (Phi) is 8.18. The fourth-order valence-electron chi connectivity index (χ4n) is 1.96. The lowest BCUT2D eigenvalue weighted by Crippen LogP contribution is -2.19. The lowest BCUT2D eigenvalue weighted by atomic mass is 10.2. The van der Waals surface area contributed by atoms with Gasteiger partial charge in [0.25, 0.3) is 0 Å². The van der Waals surface area contributed by atoms with Crippen LogP contribution < -0.4 is 10.9 Å². The first-order chi connectivity index (χ1) is 12.3. The summed E-state index contributed by atoms with van der Waals surface area (Å²) in [5, 5.41) is 0. The van der Waals surface area contributed by atoms with Crippen LogP contribution >= 0.6 is 0 Å². The van der Waals surface area contributed by atoms with Gasteiger partial charge in [0.1, 0.15) is 0 Å². The van der Waals surface area contributed by atoms with Crippen LogP contribution in [0.4, 0.5) is 5.69 Å². The molecule has 0 fully saturated rings. The SMILES string of the molecule is Cc1ccccccc(NNC2=C/C=C\C=C/C=C\C=C/C=C\2)cc1. The van der Waals surface area contributed by atoms with E-state index >= 15 is 0 Å². The summed E-state index contributed by atoms with van der Waals surface area (Å²) in [5.74, 6) is 0. The number of aryl methyl sites for hydroxylation is 1. The normalized spacial score (nSPS) is 21.7. The third-order valence-corrected chi connectivity index (χ3v) is 3.29. The van der Waals surface area contributed by atoms with E-state index in [9.17, 15) is 0 Å². The smallest absolute Gasteiger partial charge is 0.0539 e. The van der Waals surface area contributed by atoms with Crippen LogP contribution in [0.2, 0.25) is 0 Å². The first kappa shape index (κ1) is 18.1. The van der Waals surface area contributed by atoms with Gasteiger partial charge in [-0.25, -0.2) is 0 Å². The summed E-state index contributed by atoms with van der Waals surface area (Å²) in [6.45, 7) is 2.08. The van der Waals surface area contributed by atoms with E-state index in [1.807, 2.05) is 103 Å². The molecule has 0 bridgehead atoms. The summed E-state index contributed by atoms with van der Waals surface area (Å²) in [6, 6.07) is 16.3. The summed E-state index contributed by atoms with van der Waals surface area (Å²) in [6.07, 6.45) is 22.0. The molecular weight excluding hydrogens is 304 g/mol. The Hall–Kier alpha value is -3.26. The Morgan fingerprint density at radius 2 is 1.20 bits per heavy atom. The molecule has 0 amide bonds. The average Bonchev–Trinajstić information content (AvgIpc) is 2.61. The first-order valence-corrected chi connectivity index (χ1v) is 8.32. The van der Waals surface area contributed by atoms with Gasteiger partial charge in [-0.3, -0.25) is 0 Å². The van der Waals surface area contributed by atoms with Crippen molar-refractivity contribution in [2.45, 2.75) is 6.92 Å². The zero-order valence-electron chi connectivity index (χ0n) is 14.5. The second-order valence-corrected chi connectivity index (χ2v) is 5.41. The Bertz CT molecular complexity index is 776. The van der Waals surface area contributed by atoms with Crippen molar-refractivity contribution in [3.63, 3.8) is 0 Å². The van der Waals surface area contributed by atoms with Gasteiger partial charge in [0.2, 0.25) is 0 Å². The molecule has 2 nitrogen and oxygen atoms in total. The van der Waals surface area contributed by atoms with E-state index in [0.29, 0.717) is 0 Å². The van der Waals surface area contributed by atoms with Crippen molar-refractivity contribution >= 4 is 5.69 Å². The van der Waals surface area contributed by atoms with Crippen LogP contribution in [-0.4, -0.2) is 0 Å². The molecule has 1 aliphatic carbocycles. The van der Waals surface area contributed by atoms with Crippen LogP contribution in [0.15, 0.2) is 121 Å². The minimum absolute atomic E-state index is 0.960. The molecule has 25 heavy (non-hydrogen) atoms. The molecule has 126 valence electrons. The number of nitrogens with one attached hydrogen (secondary N) is 2. The van der Waals surface area contributed by atoms with Gasteiger partial charge in [-0.05, 0) is 31.2 Å². The topological polar surface area (TPSA) is 24.1 Å². The number of allylic oxidation sites excluding steroid dienone is 11. The first-order valence-electron chi connectivity index (χ1n) is 8.32. The monoisotopic (exact) mass is 328 g/mol. The minimum atomic E-state index is 0.960. The van der Waals surface area contributed by atoms with Crippen LogP contribution in [0.25, 0.3) is 0 Å². The molecule has 0 aromatic heterocycles. The predicted octanol–water partition coefficient (Wildman–Crippen LogP) is 5.71. The van der Waals surface area contributed by atoms with E-state index in [-0.39, 0.29) is 0 Å². The van der Waals surface area contributed by atoms with Crippen molar-refractivity contribution < 1.29 is 0 Å². The molecule has 0 aliphatic heterocycles. The van der Waals surface area contributed by atoms with Gasteiger partial charge in [0.15, 0.2) is 0 Å². The van der Waals surface area contributed by atoms with Crippen LogP contribution in [0, 0.1) is 6.92 Å². The number of rotatable bonds is 3. The maximum absolute atomic E-state index is 3.25. The third kappa shape index (κ3) is 8.24. The Morgan fingerprint density at radius 1 is 0.560 bits per heavy atom. The van der Waals surface area contributed by atoms with Crippen molar-refractivity contribution in [1.82, 2.24) is 5.43 Å². The van der Waals surface area contributed by atoms with Gasteiger partial charge in [0, 0.05) is 0 Å². The molecule has 1 aliphatic rings. The van der Waals surface area contributed by atoms with Gasteiger partial charge in [-0.2, -0.15) is 0 Å². The lowest BCUT2D eigenvalue weighted by molar-refractivity contribution is 0.999. The van der Waals surface area contributed by atoms with Gasteiger partial charge in [-0.15, -0.1) is 0 Å². The highest BCUT2D eigenvalue weighted by molar-refractivity contribution is 5.42. The van der Waals surface area contributed by atoms with Gasteiger partial charge in [0.05, 0.1) is 11.4 Å². The molecule has 2 heteroatoms. The highest BCUT2D eigenvalue weighted by Gasteiger charge is 1.90. The summed E-state index contributed by atoms with van der Waals surface area (Å²) >= 11 is 0. The fourth-order valence-corrected chi connectivity index (χ4v) is 1.96. The molecule has 0 saturated heterocycles. The Labute approximate surface area is 150 Å². The lowest BCUT2D eigenvalue weighted by Gasteiger charge is -2.09. The van der Waals surface area contributed by atoms with Crippen molar-refractivity contribution in [1.29, 1.82) is 0 Å². The number of anilines is 1. The van der Waals surface area contributed by atoms with Gasteiger partial charge >= 0.3 is 0 Å². The highest BCUT2D eigenvalue weighted by atomic mass is 15.4. The van der Waals surface area contributed by atoms with Crippen molar-refractivity contribution in [3.8, 4) is 0 Å². The standard InChI is InChI=1S/C23H24N2/c1-21-15-11-9-10-14-18-23(20-19-21)25-24-22-16-12-7-5-3-2-4-6-8-13-17-22/h2-20,24-25H,1H3/b3-2-,4-2?,5-3?,6-4-,7-5-,8-6?,10-9?,11-9?,12-7?,13-8-,14-10?,15-11?,16-12-,17-13?,18-14?,20-19?,21-15?,21-19?,22-16?,22-17+,23-18?,23-20?. The number of hydrazine groups is 1. The fraction of sp³-hybridized carbons (Fsp3) is 0.0435. The molecule has 0 atom stereocenters. The van der Waals surface area contributed by atoms with Crippen molar-refractivity contribution in [2.24, 2.45) is 0 Å². The predicted molar refractivity (Wildman–Crippen MR) is 109 cm³/mol. The average molecular weight is 328 g/mol. The maximum Gasteiger partial charge on any atom is 0.0539 e. The van der Waals surface area contributed by atoms with Gasteiger partial charge < -0.3 is 10.9 Å². The van der Waals surface area contributed by atoms with Crippen LogP contribution in [0.5, 0.6) is 0 Å². The minimum Gasteiger partial charge on any atom is -0.301 e. The number of hydrogen-bond acceptors (Lipinski definition) is 2. The summed E-state index contributed by atoms with van der Waals surface area (Å²) in [7, 11) is 0. The molecule has 1 aromatic rings. The second kappa shape index (κ2) is 11.3. The Balaban J connectivity index is 2.15. The molecule has 2 N–H and O–H groups in total. The molecule has 0 spiro atoms. The third-order valence-electron chi connectivity index (χ3n) is 3.29. The molecule has 0 unspecified atom stereocenters. The molecule has 2 rings (SSSR count). The molecule has 0 radical (unpaired) electrons. The van der Waals surface area contributed by atoms with E-state index in [2.05, 4.69) is 29.9 Å². The van der Waals surface area contributed by atoms with E-state index in [1.54, 1.807) is 0 Å². The van der Waals surface area contributed by atoms with E-state index < -0.39 is 0 Å². The molecule has 1 aromatic carbocycles. The van der Waals surface area contributed by atoms with Crippen LogP contribution in [0.1, 0.15) is 5.56 Å². The van der Waals surface area contributed by atoms with E-state index in [0.717, 1.165) is 11.4 Å². The second-order valence-electron chi connectivity index (χ2n) is 5.41. The summed E-state index contributed by atoms with van der Waals surface area (Å²) in [4.78, 5) is 0. The number of hydrogen-bond donors (Lipinski definition) is 2. The van der Waals surface area contributed by atoms with Gasteiger partial charge in [-0.1, -0.05) is 96.6 Å². The molecular formula is C23H24N2. The van der Waals surface area contributed by atoms with Crippen molar-refractivity contribution in [2.75, 3.05) is 5.43 Å². The van der Waals surface area contributed by atoms with Crippen LogP contribution in [0.3, 0.4) is 0 Å².